The van der Waals surface area contributed by atoms with Crippen molar-refractivity contribution >= 4 is 35.0 Å². The number of halogens is 1. The average molecular weight is 439 g/mol. The summed E-state index contributed by atoms with van der Waals surface area (Å²) in [7, 11) is 1.45. The number of aromatic hydroxyl groups is 2. The van der Waals surface area contributed by atoms with Crippen LogP contribution in [0.2, 0.25) is 5.02 Å². The number of phenolic OH excluding ortho intramolecular Hbond substituents is 2. The van der Waals surface area contributed by atoms with Crippen molar-refractivity contribution in [2.24, 2.45) is 4.99 Å². The molecule has 0 saturated carbocycles. The minimum absolute atomic E-state index is 0.0109. The van der Waals surface area contributed by atoms with Crippen LogP contribution in [0.1, 0.15) is 5.56 Å². The third kappa shape index (κ3) is 3.74. The van der Waals surface area contributed by atoms with Gasteiger partial charge in [-0.05, 0) is 30.3 Å². The number of hydrogen-bond donors (Lipinski definition) is 2. The van der Waals surface area contributed by atoms with Crippen LogP contribution in [-0.4, -0.2) is 37.8 Å². The van der Waals surface area contributed by atoms with Crippen LogP contribution in [0, 0.1) is 10.1 Å². The molecular weight excluding hydrogens is 424 g/mol. The number of pyridine rings is 1. The summed E-state index contributed by atoms with van der Waals surface area (Å²) in [6.07, 6.45) is 3.14. The molecule has 0 radical (unpaired) electrons. The van der Waals surface area contributed by atoms with Gasteiger partial charge in [0, 0.05) is 35.7 Å². The highest BCUT2D eigenvalue weighted by Crippen LogP contribution is 2.37. The number of aromatic nitrogens is 2. The van der Waals surface area contributed by atoms with E-state index in [0.717, 1.165) is 12.1 Å². The maximum atomic E-state index is 11.1. The number of aliphatic imine (C=N–C) groups is 1. The Labute approximate surface area is 180 Å². The van der Waals surface area contributed by atoms with Crippen molar-refractivity contribution in [3.8, 4) is 28.5 Å². The fourth-order valence-electron chi connectivity index (χ4n) is 3.07. The maximum Gasteiger partial charge on any atom is 0.311 e. The second-order valence-electron chi connectivity index (χ2n) is 6.48. The molecule has 4 aromatic rings. The molecule has 4 rings (SSSR count). The topological polar surface area (TPSA) is 122 Å². The highest BCUT2D eigenvalue weighted by Gasteiger charge is 2.18. The highest BCUT2D eigenvalue weighted by molar-refractivity contribution is 6.33. The molecule has 0 aliphatic heterocycles. The number of hydrogen-bond acceptors (Lipinski definition) is 7. The van der Waals surface area contributed by atoms with E-state index < -0.39 is 16.4 Å². The number of rotatable bonds is 5. The van der Waals surface area contributed by atoms with Crippen molar-refractivity contribution in [1.82, 2.24) is 9.38 Å². The Hall–Kier alpha value is -4.11. The van der Waals surface area contributed by atoms with Crippen molar-refractivity contribution in [1.29, 1.82) is 0 Å². The molecule has 31 heavy (non-hydrogen) atoms. The predicted molar refractivity (Wildman–Crippen MR) is 116 cm³/mol. The standard InChI is InChI=1S/C21H15ClN4O5/c1-31-18-9-12(5-6-16(18)27)20-21(25-7-3-2-4-19(25)24-20)23-11-13-8-15(26(29)30)17(28)10-14(13)22/h2-11,27-28H,1H3/b23-11+. The number of methoxy groups -OCH3 is 1. The molecule has 9 nitrogen and oxygen atoms in total. The lowest BCUT2D eigenvalue weighted by molar-refractivity contribution is -0.385. The summed E-state index contributed by atoms with van der Waals surface area (Å²) in [6, 6.07) is 12.5. The monoisotopic (exact) mass is 438 g/mol. The normalized spacial score (nSPS) is 11.3. The van der Waals surface area contributed by atoms with Gasteiger partial charge in [0.1, 0.15) is 11.3 Å². The molecule has 0 unspecified atom stereocenters. The molecule has 10 heteroatoms. The van der Waals surface area contributed by atoms with Gasteiger partial charge in [0.2, 0.25) is 0 Å². The fourth-order valence-corrected chi connectivity index (χ4v) is 3.27. The van der Waals surface area contributed by atoms with E-state index in [1.807, 2.05) is 12.1 Å². The lowest BCUT2D eigenvalue weighted by atomic mass is 10.1. The molecular formula is C21H15ClN4O5. The Morgan fingerprint density at radius 1 is 1.19 bits per heavy atom. The molecule has 0 amide bonds. The van der Waals surface area contributed by atoms with Gasteiger partial charge >= 0.3 is 5.69 Å². The Morgan fingerprint density at radius 2 is 2.00 bits per heavy atom. The van der Waals surface area contributed by atoms with Crippen LogP contribution in [-0.2, 0) is 0 Å². The summed E-state index contributed by atoms with van der Waals surface area (Å²) in [5, 5.41) is 30.9. The van der Waals surface area contributed by atoms with Gasteiger partial charge in [-0.1, -0.05) is 17.7 Å². The molecule has 0 atom stereocenters. The first-order chi connectivity index (χ1) is 14.9. The van der Waals surface area contributed by atoms with E-state index in [2.05, 4.69) is 9.98 Å². The van der Waals surface area contributed by atoms with Crippen molar-refractivity contribution in [3.05, 3.63) is 75.4 Å². The second-order valence-corrected chi connectivity index (χ2v) is 6.88. The van der Waals surface area contributed by atoms with Crippen LogP contribution < -0.4 is 4.74 Å². The van der Waals surface area contributed by atoms with E-state index in [4.69, 9.17) is 16.3 Å². The van der Waals surface area contributed by atoms with Gasteiger partial charge in [-0.25, -0.2) is 9.98 Å². The van der Waals surface area contributed by atoms with E-state index in [1.165, 1.54) is 19.4 Å². The van der Waals surface area contributed by atoms with E-state index in [1.54, 1.807) is 28.8 Å². The zero-order valence-electron chi connectivity index (χ0n) is 16.1. The van der Waals surface area contributed by atoms with Crippen molar-refractivity contribution in [3.63, 3.8) is 0 Å². The summed E-state index contributed by atoms with van der Waals surface area (Å²) < 4.78 is 6.93. The number of fused-ring (bicyclic) bond motifs is 1. The minimum atomic E-state index is -0.703. The molecule has 2 aromatic heterocycles. The van der Waals surface area contributed by atoms with Gasteiger partial charge in [-0.2, -0.15) is 0 Å². The number of ether oxygens (including phenoxy) is 1. The number of nitro benzene ring substituents is 1. The number of nitrogens with zero attached hydrogens (tertiary/aromatic N) is 4. The lowest BCUT2D eigenvalue weighted by Crippen LogP contribution is -1.92. The van der Waals surface area contributed by atoms with E-state index in [0.29, 0.717) is 22.7 Å². The van der Waals surface area contributed by atoms with Crippen molar-refractivity contribution < 1.29 is 19.9 Å². The molecule has 2 N–H and O–H groups in total. The van der Waals surface area contributed by atoms with Gasteiger partial charge in [0.15, 0.2) is 23.1 Å². The van der Waals surface area contributed by atoms with Crippen molar-refractivity contribution in [2.75, 3.05) is 7.11 Å². The Kier molecular flexibility index (Phi) is 5.18. The molecule has 2 heterocycles. The highest BCUT2D eigenvalue weighted by atomic mass is 35.5. The fraction of sp³-hybridized carbons (Fsp3) is 0.0476. The first kappa shape index (κ1) is 20.2. The first-order valence-corrected chi connectivity index (χ1v) is 9.32. The van der Waals surface area contributed by atoms with Gasteiger partial charge in [0.25, 0.3) is 0 Å². The van der Waals surface area contributed by atoms with Gasteiger partial charge < -0.3 is 14.9 Å². The van der Waals surface area contributed by atoms with Gasteiger partial charge in [-0.15, -0.1) is 0 Å². The molecule has 156 valence electrons. The third-order valence-electron chi connectivity index (χ3n) is 4.57. The zero-order valence-corrected chi connectivity index (χ0v) is 16.8. The SMILES string of the molecule is COc1cc(-c2nc3ccccn3c2/N=C/c2cc([N+](=O)[O-])c(O)cc2Cl)ccc1O. The summed E-state index contributed by atoms with van der Waals surface area (Å²) >= 11 is 6.14. The summed E-state index contributed by atoms with van der Waals surface area (Å²) in [5.41, 5.74) is 1.55. The van der Waals surface area contributed by atoms with Crippen LogP contribution >= 0.6 is 11.6 Å². The van der Waals surface area contributed by atoms with Crippen molar-refractivity contribution in [2.45, 2.75) is 0 Å². The Balaban J connectivity index is 1.88. The van der Waals surface area contributed by atoms with Crippen LogP contribution in [0.25, 0.3) is 16.9 Å². The molecule has 0 aliphatic rings. The van der Waals surface area contributed by atoms with Crippen LogP contribution in [0.5, 0.6) is 17.2 Å². The van der Waals surface area contributed by atoms with Gasteiger partial charge in [-0.3, -0.25) is 14.5 Å². The van der Waals surface area contributed by atoms with E-state index in [9.17, 15) is 20.3 Å². The zero-order chi connectivity index (χ0) is 22.1. The maximum absolute atomic E-state index is 11.1. The lowest BCUT2D eigenvalue weighted by Gasteiger charge is -2.06. The Morgan fingerprint density at radius 3 is 2.74 bits per heavy atom. The Bertz CT molecular complexity index is 1350. The summed E-state index contributed by atoms with van der Waals surface area (Å²) in [6.45, 7) is 0. The average Bonchev–Trinajstić information content (AvgIpc) is 3.12. The first-order valence-electron chi connectivity index (χ1n) is 8.94. The quantitative estimate of drug-likeness (QED) is 0.264. The summed E-state index contributed by atoms with van der Waals surface area (Å²) in [5.74, 6) is 0.180. The number of nitro groups is 1. The third-order valence-corrected chi connectivity index (χ3v) is 4.90. The molecule has 0 fully saturated rings. The number of imidazole rings is 1. The largest absolute Gasteiger partial charge is 0.504 e. The number of benzene rings is 2. The van der Waals surface area contributed by atoms with Crippen LogP contribution in [0.3, 0.4) is 0 Å². The molecule has 0 saturated heterocycles. The van der Waals surface area contributed by atoms with Crippen LogP contribution in [0.4, 0.5) is 11.5 Å². The predicted octanol–water partition coefficient (Wildman–Crippen LogP) is 4.73. The molecule has 2 aromatic carbocycles. The molecule has 0 spiro atoms. The second kappa shape index (κ2) is 7.96. The molecule has 0 aliphatic carbocycles. The van der Waals surface area contributed by atoms with Crippen LogP contribution in [0.15, 0.2) is 59.7 Å². The van der Waals surface area contributed by atoms with Gasteiger partial charge in [0.05, 0.1) is 17.1 Å². The minimum Gasteiger partial charge on any atom is -0.504 e. The molecule has 0 bridgehead atoms. The summed E-state index contributed by atoms with van der Waals surface area (Å²) in [4.78, 5) is 19.5. The van der Waals surface area contributed by atoms with E-state index in [-0.39, 0.29) is 22.1 Å². The smallest absolute Gasteiger partial charge is 0.311 e. The number of phenols is 2. The van der Waals surface area contributed by atoms with E-state index >= 15 is 0 Å².